The monoisotopic (exact) mass is 334 g/mol. The molecule has 1 heterocycles. The minimum atomic E-state index is 0.302. The number of hydrogen-bond acceptors (Lipinski definition) is 2. The van der Waals surface area contributed by atoms with Crippen molar-refractivity contribution in [1.29, 1.82) is 0 Å². The van der Waals surface area contributed by atoms with Crippen molar-refractivity contribution in [2.75, 3.05) is 0 Å². The molecule has 0 radical (unpaired) electrons. The van der Waals surface area contributed by atoms with Crippen LogP contribution in [0.2, 0.25) is 15.3 Å². The van der Waals surface area contributed by atoms with Crippen LogP contribution in [0.5, 0.6) is 0 Å². The number of nitrogens with zero attached hydrogens (tertiary/aromatic N) is 2. The molecule has 0 fully saturated rings. The van der Waals surface area contributed by atoms with Crippen LogP contribution in [-0.4, -0.2) is 9.97 Å². The second kappa shape index (κ2) is 6.02. The van der Waals surface area contributed by atoms with Gasteiger partial charge in [-0.1, -0.05) is 77.3 Å². The van der Waals surface area contributed by atoms with Crippen molar-refractivity contribution in [3.63, 3.8) is 0 Å². The molecule has 0 amide bonds. The summed E-state index contributed by atoms with van der Waals surface area (Å²) in [6.45, 7) is 0. The van der Waals surface area contributed by atoms with Crippen LogP contribution in [0.1, 0.15) is 0 Å². The van der Waals surface area contributed by atoms with Gasteiger partial charge < -0.3 is 0 Å². The highest BCUT2D eigenvalue weighted by Gasteiger charge is 2.15. The predicted octanol–water partition coefficient (Wildman–Crippen LogP) is 5.77. The van der Waals surface area contributed by atoms with Crippen LogP contribution in [0, 0.1) is 0 Å². The molecular weight excluding hydrogens is 327 g/mol. The van der Waals surface area contributed by atoms with E-state index in [1.54, 1.807) is 6.07 Å². The summed E-state index contributed by atoms with van der Waals surface area (Å²) in [5.41, 5.74) is 2.19. The second-order valence-electron chi connectivity index (χ2n) is 4.35. The minimum absolute atomic E-state index is 0.302. The van der Waals surface area contributed by atoms with Gasteiger partial charge in [-0.15, -0.1) is 0 Å². The summed E-state index contributed by atoms with van der Waals surface area (Å²) < 4.78 is 0. The van der Waals surface area contributed by atoms with Crippen molar-refractivity contribution in [3.05, 3.63) is 69.9 Å². The highest BCUT2D eigenvalue weighted by molar-refractivity contribution is 6.38. The van der Waals surface area contributed by atoms with Crippen LogP contribution in [0.3, 0.4) is 0 Å². The Labute approximate surface area is 137 Å². The standard InChI is InChI=1S/C16H9Cl3N2/c17-12-9-5-4-8-11(12)16-20-14(18)13(15(19)21-16)10-6-2-1-3-7-10/h1-9H. The molecule has 5 heteroatoms. The number of aromatic nitrogens is 2. The molecule has 3 aromatic rings. The van der Waals surface area contributed by atoms with Crippen LogP contribution >= 0.6 is 34.8 Å². The number of hydrogen-bond donors (Lipinski definition) is 0. The summed E-state index contributed by atoms with van der Waals surface area (Å²) in [4.78, 5) is 8.65. The van der Waals surface area contributed by atoms with E-state index in [-0.39, 0.29) is 0 Å². The Hall–Kier alpha value is -1.61. The molecule has 0 unspecified atom stereocenters. The summed E-state index contributed by atoms with van der Waals surface area (Å²) in [7, 11) is 0. The first-order valence-electron chi connectivity index (χ1n) is 6.20. The fraction of sp³-hybridized carbons (Fsp3) is 0. The highest BCUT2D eigenvalue weighted by Crippen LogP contribution is 2.35. The molecular formula is C16H9Cl3N2. The van der Waals surface area contributed by atoms with Gasteiger partial charge in [0.05, 0.1) is 10.6 Å². The fourth-order valence-electron chi connectivity index (χ4n) is 2.01. The molecule has 0 saturated carbocycles. The van der Waals surface area contributed by atoms with E-state index in [0.29, 0.717) is 32.3 Å². The molecule has 0 atom stereocenters. The largest absolute Gasteiger partial charge is 0.215 e. The van der Waals surface area contributed by atoms with Gasteiger partial charge in [0.25, 0.3) is 0 Å². The molecule has 0 aliphatic heterocycles. The zero-order valence-corrected chi connectivity index (χ0v) is 13.0. The summed E-state index contributed by atoms with van der Waals surface area (Å²) in [5, 5.41) is 1.16. The van der Waals surface area contributed by atoms with Crippen molar-refractivity contribution in [1.82, 2.24) is 9.97 Å². The average Bonchev–Trinajstić information content (AvgIpc) is 2.48. The lowest BCUT2D eigenvalue weighted by Gasteiger charge is -2.09. The lowest BCUT2D eigenvalue weighted by Crippen LogP contribution is -1.95. The Morgan fingerprint density at radius 3 is 1.86 bits per heavy atom. The van der Waals surface area contributed by atoms with Crippen LogP contribution in [-0.2, 0) is 0 Å². The zero-order valence-electron chi connectivity index (χ0n) is 10.7. The van der Waals surface area contributed by atoms with Gasteiger partial charge in [-0.05, 0) is 17.7 Å². The molecule has 0 N–H and O–H groups in total. The SMILES string of the molecule is Clc1ccccc1-c1nc(Cl)c(-c2ccccc2)c(Cl)n1. The summed E-state index contributed by atoms with van der Waals surface area (Å²) in [6, 6.07) is 16.8. The first-order chi connectivity index (χ1) is 10.2. The Morgan fingerprint density at radius 2 is 1.24 bits per heavy atom. The minimum Gasteiger partial charge on any atom is -0.215 e. The van der Waals surface area contributed by atoms with E-state index < -0.39 is 0 Å². The zero-order chi connectivity index (χ0) is 14.8. The maximum absolute atomic E-state index is 6.29. The van der Waals surface area contributed by atoms with Gasteiger partial charge in [0.2, 0.25) is 0 Å². The molecule has 3 rings (SSSR count). The van der Waals surface area contributed by atoms with E-state index in [9.17, 15) is 0 Å². The lowest BCUT2D eigenvalue weighted by molar-refractivity contribution is 1.18. The molecule has 0 saturated heterocycles. The van der Waals surface area contributed by atoms with E-state index >= 15 is 0 Å². The van der Waals surface area contributed by atoms with Crippen molar-refractivity contribution in [2.24, 2.45) is 0 Å². The quantitative estimate of drug-likeness (QED) is 0.555. The van der Waals surface area contributed by atoms with E-state index in [0.717, 1.165) is 5.56 Å². The maximum atomic E-state index is 6.29. The van der Waals surface area contributed by atoms with Gasteiger partial charge in [-0.3, -0.25) is 0 Å². The van der Waals surface area contributed by atoms with Gasteiger partial charge in [-0.25, -0.2) is 9.97 Å². The Bertz CT molecular complexity index is 766. The highest BCUT2D eigenvalue weighted by atomic mass is 35.5. The maximum Gasteiger partial charge on any atom is 0.164 e. The van der Waals surface area contributed by atoms with Crippen LogP contribution in [0.15, 0.2) is 54.6 Å². The predicted molar refractivity (Wildman–Crippen MR) is 87.9 cm³/mol. The third-order valence-corrected chi connectivity index (χ3v) is 3.87. The van der Waals surface area contributed by atoms with Crippen molar-refractivity contribution in [3.8, 4) is 22.5 Å². The van der Waals surface area contributed by atoms with Crippen LogP contribution in [0.4, 0.5) is 0 Å². The van der Waals surface area contributed by atoms with Crippen molar-refractivity contribution < 1.29 is 0 Å². The summed E-state index contributed by atoms with van der Waals surface area (Å²) in [5.74, 6) is 0.412. The fourth-order valence-corrected chi connectivity index (χ4v) is 2.84. The van der Waals surface area contributed by atoms with Crippen LogP contribution < -0.4 is 0 Å². The molecule has 1 aromatic heterocycles. The van der Waals surface area contributed by atoms with Gasteiger partial charge in [-0.2, -0.15) is 0 Å². The first kappa shape index (κ1) is 14.3. The number of halogens is 3. The van der Waals surface area contributed by atoms with Crippen molar-refractivity contribution in [2.45, 2.75) is 0 Å². The van der Waals surface area contributed by atoms with Gasteiger partial charge >= 0.3 is 0 Å². The smallest absolute Gasteiger partial charge is 0.164 e. The third kappa shape index (κ3) is 2.88. The van der Waals surface area contributed by atoms with Gasteiger partial charge in [0.1, 0.15) is 10.3 Å². The number of benzene rings is 2. The van der Waals surface area contributed by atoms with Gasteiger partial charge in [0.15, 0.2) is 5.82 Å². The molecule has 0 aliphatic rings. The Morgan fingerprint density at radius 1 is 0.667 bits per heavy atom. The molecule has 0 bridgehead atoms. The molecule has 21 heavy (non-hydrogen) atoms. The van der Waals surface area contributed by atoms with Crippen molar-refractivity contribution >= 4 is 34.8 Å². The molecule has 0 aliphatic carbocycles. The second-order valence-corrected chi connectivity index (χ2v) is 5.47. The molecule has 104 valence electrons. The Kier molecular flexibility index (Phi) is 4.11. The van der Waals surface area contributed by atoms with Gasteiger partial charge in [0, 0.05) is 5.56 Å². The molecule has 0 spiro atoms. The third-order valence-electron chi connectivity index (χ3n) is 3.00. The van der Waals surface area contributed by atoms with E-state index in [1.165, 1.54) is 0 Å². The molecule has 2 aromatic carbocycles. The van der Waals surface area contributed by atoms with E-state index in [1.807, 2.05) is 48.5 Å². The summed E-state index contributed by atoms with van der Waals surface area (Å²) >= 11 is 18.7. The number of rotatable bonds is 2. The van der Waals surface area contributed by atoms with Crippen LogP contribution in [0.25, 0.3) is 22.5 Å². The first-order valence-corrected chi connectivity index (χ1v) is 7.33. The topological polar surface area (TPSA) is 25.8 Å². The lowest BCUT2D eigenvalue weighted by atomic mass is 10.1. The normalized spacial score (nSPS) is 10.6. The average molecular weight is 336 g/mol. The van der Waals surface area contributed by atoms with E-state index in [4.69, 9.17) is 34.8 Å². The Balaban J connectivity index is 2.15. The molecule has 2 nitrogen and oxygen atoms in total. The summed E-state index contributed by atoms with van der Waals surface area (Å²) in [6.07, 6.45) is 0. The van der Waals surface area contributed by atoms with E-state index in [2.05, 4.69) is 9.97 Å².